The molecule has 1 aromatic heterocycles. The molecule has 0 bridgehead atoms. The van der Waals surface area contributed by atoms with Gasteiger partial charge < -0.3 is 10.0 Å². The van der Waals surface area contributed by atoms with Crippen LogP contribution in [0.5, 0.6) is 0 Å². The SMILES string of the molecule is CCC(N1C(=O)c2ccc(F)cc2N(C)C1(O)c1ccc(F)cc1F)n1cncn1. The van der Waals surface area contributed by atoms with Crippen molar-refractivity contribution >= 4 is 11.6 Å². The number of rotatable bonds is 4. The van der Waals surface area contributed by atoms with Gasteiger partial charge in [-0.15, -0.1) is 0 Å². The van der Waals surface area contributed by atoms with Gasteiger partial charge in [0.2, 0.25) is 0 Å². The lowest BCUT2D eigenvalue weighted by atomic mass is 9.97. The number of hydrogen-bond acceptors (Lipinski definition) is 5. The van der Waals surface area contributed by atoms with Crippen molar-refractivity contribution in [1.82, 2.24) is 19.7 Å². The van der Waals surface area contributed by atoms with E-state index in [1.54, 1.807) is 6.92 Å². The number of carbonyl (C=O) groups is 1. The first-order chi connectivity index (χ1) is 14.3. The normalized spacial score (nSPS) is 19.7. The first-order valence-corrected chi connectivity index (χ1v) is 9.18. The molecule has 0 saturated heterocycles. The summed E-state index contributed by atoms with van der Waals surface area (Å²) in [4.78, 5) is 19.6. The van der Waals surface area contributed by atoms with E-state index in [0.29, 0.717) is 6.07 Å². The van der Waals surface area contributed by atoms with E-state index in [9.17, 15) is 23.1 Å². The zero-order valence-electron chi connectivity index (χ0n) is 16.1. The summed E-state index contributed by atoms with van der Waals surface area (Å²) < 4.78 is 43.7. The molecule has 30 heavy (non-hydrogen) atoms. The van der Waals surface area contributed by atoms with Crippen LogP contribution in [0, 0.1) is 17.5 Å². The number of anilines is 1. The number of aliphatic hydroxyl groups is 1. The van der Waals surface area contributed by atoms with Gasteiger partial charge >= 0.3 is 0 Å². The van der Waals surface area contributed by atoms with Crippen molar-refractivity contribution in [2.24, 2.45) is 0 Å². The zero-order chi connectivity index (χ0) is 21.6. The fraction of sp³-hybridized carbons (Fsp3) is 0.250. The Morgan fingerprint density at radius 3 is 2.47 bits per heavy atom. The van der Waals surface area contributed by atoms with Gasteiger partial charge in [0.1, 0.15) is 36.3 Å². The summed E-state index contributed by atoms with van der Waals surface area (Å²) in [7, 11) is 1.40. The molecule has 0 spiro atoms. The molecule has 2 heterocycles. The fourth-order valence-corrected chi connectivity index (χ4v) is 3.84. The maximum atomic E-state index is 14.8. The van der Waals surface area contributed by atoms with Crippen molar-refractivity contribution in [2.45, 2.75) is 25.4 Å². The number of carbonyl (C=O) groups excluding carboxylic acids is 1. The molecule has 0 aliphatic carbocycles. The van der Waals surface area contributed by atoms with E-state index in [-0.39, 0.29) is 23.2 Å². The van der Waals surface area contributed by atoms with E-state index in [0.717, 1.165) is 29.2 Å². The summed E-state index contributed by atoms with van der Waals surface area (Å²) in [6.45, 7) is 1.75. The number of amides is 1. The summed E-state index contributed by atoms with van der Waals surface area (Å²) in [5.41, 5.74) is -0.186. The minimum atomic E-state index is -2.40. The minimum absolute atomic E-state index is 0.0657. The lowest BCUT2D eigenvalue weighted by molar-refractivity contribution is -0.132. The largest absolute Gasteiger partial charge is 0.350 e. The van der Waals surface area contributed by atoms with Crippen LogP contribution in [0.15, 0.2) is 49.1 Å². The molecule has 156 valence electrons. The van der Waals surface area contributed by atoms with Crippen molar-refractivity contribution in [3.8, 4) is 0 Å². The lowest BCUT2D eigenvalue weighted by Gasteiger charge is -2.52. The van der Waals surface area contributed by atoms with E-state index >= 15 is 0 Å². The summed E-state index contributed by atoms with van der Waals surface area (Å²) in [6, 6.07) is 6.14. The Balaban J connectivity index is 2.01. The Kier molecular flexibility index (Phi) is 4.73. The van der Waals surface area contributed by atoms with Gasteiger partial charge in [-0.1, -0.05) is 6.92 Å². The summed E-state index contributed by atoms with van der Waals surface area (Å²) in [5.74, 6) is -5.60. The van der Waals surface area contributed by atoms with Crippen LogP contribution in [0.1, 0.15) is 35.4 Å². The molecule has 0 fully saturated rings. The van der Waals surface area contributed by atoms with Crippen LogP contribution in [0.3, 0.4) is 0 Å². The number of halogens is 3. The van der Waals surface area contributed by atoms with Gasteiger partial charge in [-0.05, 0) is 36.8 Å². The van der Waals surface area contributed by atoms with Crippen molar-refractivity contribution in [3.63, 3.8) is 0 Å². The third-order valence-electron chi connectivity index (χ3n) is 5.27. The second kappa shape index (κ2) is 7.13. The third kappa shape index (κ3) is 2.83. The Bertz CT molecular complexity index is 1110. The molecule has 0 radical (unpaired) electrons. The first-order valence-electron chi connectivity index (χ1n) is 9.18. The van der Waals surface area contributed by atoms with Crippen LogP contribution < -0.4 is 4.90 Å². The molecule has 10 heteroatoms. The van der Waals surface area contributed by atoms with Gasteiger partial charge in [0.25, 0.3) is 11.8 Å². The summed E-state index contributed by atoms with van der Waals surface area (Å²) >= 11 is 0. The van der Waals surface area contributed by atoms with Gasteiger partial charge in [0.15, 0.2) is 0 Å². The number of hydrogen-bond donors (Lipinski definition) is 1. The molecule has 2 unspecified atom stereocenters. The molecule has 3 aromatic rings. The molecule has 4 rings (SSSR count). The Labute approximate surface area is 170 Å². The third-order valence-corrected chi connectivity index (χ3v) is 5.27. The average Bonchev–Trinajstić information content (AvgIpc) is 3.24. The molecular weight excluding hydrogens is 399 g/mol. The molecular formula is C20H18F3N5O2. The zero-order valence-corrected chi connectivity index (χ0v) is 16.1. The minimum Gasteiger partial charge on any atom is -0.350 e. The molecule has 1 aliphatic heterocycles. The van der Waals surface area contributed by atoms with Gasteiger partial charge in [-0.25, -0.2) is 22.8 Å². The smallest absolute Gasteiger partial charge is 0.261 e. The van der Waals surface area contributed by atoms with Crippen LogP contribution in [0.2, 0.25) is 0 Å². The quantitative estimate of drug-likeness (QED) is 0.707. The summed E-state index contributed by atoms with van der Waals surface area (Å²) in [5, 5.41) is 15.9. The predicted octanol–water partition coefficient (Wildman–Crippen LogP) is 3.00. The van der Waals surface area contributed by atoms with E-state index in [2.05, 4.69) is 10.1 Å². The number of benzene rings is 2. The van der Waals surface area contributed by atoms with E-state index in [1.807, 2.05) is 0 Å². The van der Waals surface area contributed by atoms with Crippen molar-refractivity contribution < 1.29 is 23.1 Å². The second-order valence-corrected chi connectivity index (χ2v) is 6.92. The highest BCUT2D eigenvalue weighted by atomic mass is 19.1. The van der Waals surface area contributed by atoms with Crippen LogP contribution in [-0.4, -0.2) is 37.7 Å². The van der Waals surface area contributed by atoms with Crippen molar-refractivity contribution in [3.05, 3.63) is 77.6 Å². The van der Waals surface area contributed by atoms with Crippen LogP contribution in [-0.2, 0) is 5.85 Å². The molecule has 2 atom stereocenters. The van der Waals surface area contributed by atoms with Gasteiger partial charge in [-0.2, -0.15) is 5.10 Å². The number of fused-ring (bicyclic) bond motifs is 1. The fourth-order valence-electron chi connectivity index (χ4n) is 3.84. The Morgan fingerprint density at radius 2 is 1.83 bits per heavy atom. The number of aromatic nitrogens is 3. The van der Waals surface area contributed by atoms with Gasteiger partial charge in [0.05, 0.1) is 16.8 Å². The second-order valence-electron chi connectivity index (χ2n) is 6.92. The van der Waals surface area contributed by atoms with E-state index < -0.39 is 35.4 Å². The highest BCUT2D eigenvalue weighted by Crippen LogP contribution is 2.45. The first kappa shape index (κ1) is 19.9. The van der Waals surface area contributed by atoms with Crippen molar-refractivity contribution in [1.29, 1.82) is 0 Å². The molecule has 2 aromatic carbocycles. The Hall–Kier alpha value is -3.40. The van der Waals surface area contributed by atoms with Gasteiger partial charge in [0, 0.05) is 13.1 Å². The van der Waals surface area contributed by atoms with Crippen LogP contribution >= 0.6 is 0 Å². The monoisotopic (exact) mass is 417 g/mol. The van der Waals surface area contributed by atoms with Crippen molar-refractivity contribution in [2.75, 3.05) is 11.9 Å². The number of nitrogens with zero attached hydrogens (tertiary/aromatic N) is 5. The van der Waals surface area contributed by atoms with Crippen LogP contribution in [0.4, 0.5) is 18.9 Å². The topological polar surface area (TPSA) is 74.5 Å². The molecule has 7 nitrogen and oxygen atoms in total. The molecule has 1 amide bonds. The van der Waals surface area contributed by atoms with Crippen LogP contribution in [0.25, 0.3) is 0 Å². The highest BCUT2D eigenvalue weighted by molar-refractivity contribution is 6.02. The molecule has 1 N–H and O–H groups in total. The molecule has 1 aliphatic rings. The summed E-state index contributed by atoms with van der Waals surface area (Å²) in [6.07, 6.45) is 2.05. The maximum absolute atomic E-state index is 14.8. The lowest BCUT2D eigenvalue weighted by Crippen LogP contribution is -2.64. The molecule has 0 saturated carbocycles. The van der Waals surface area contributed by atoms with E-state index in [1.165, 1.54) is 35.4 Å². The average molecular weight is 417 g/mol. The highest BCUT2D eigenvalue weighted by Gasteiger charge is 2.53. The van der Waals surface area contributed by atoms with E-state index in [4.69, 9.17) is 0 Å². The maximum Gasteiger partial charge on any atom is 0.261 e. The standard InChI is InChI=1S/C20H18F3N5O2/c1-3-18(27-11-24-10-25-27)28-19(29)14-6-4-13(22)9-17(14)26(2)20(28,30)15-7-5-12(21)8-16(15)23/h4-11,18,30H,3H2,1-2H3. The predicted molar refractivity (Wildman–Crippen MR) is 101 cm³/mol. The Morgan fingerprint density at radius 1 is 1.13 bits per heavy atom. The van der Waals surface area contributed by atoms with Gasteiger partial charge in [-0.3, -0.25) is 9.69 Å².